The first kappa shape index (κ1) is 32.3. The van der Waals surface area contributed by atoms with Gasteiger partial charge in [-0.2, -0.15) is 0 Å². The highest BCUT2D eigenvalue weighted by molar-refractivity contribution is 6.17. The standard InChI is InChI=1S/C52H46N4/c1-2-16-37(17-3-1)55-45-24-12-8-20-41(45)47-39-18-6-7-19-40(39)48-42-21-9-13-25-46(42)56(52(48)51(47)55)38-30-28-34(29-31-38)49-50(54-44-23-11-10-22-43(44)53-49)36-27-26-33-14-4-5-15-35(33)32-36/h1-6,8,10-11,13-16,18,20,22-23,25-28,30-32,34,37,43-44,53-54H,7,9,12,17,19,21,24,29H2. The van der Waals surface area contributed by atoms with E-state index in [-0.39, 0.29) is 18.0 Å². The lowest BCUT2D eigenvalue weighted by Crippen LogP contribution is -2.51. The Hall–Kier alpha value is -6.00. The van der Waals surface area contributed by atoms with Gasteiger partial charge in [0.05, 0.1) is 34.9 Å². The molecule has 56 heavy (non-hydrogen) atoms. The average Bonchev–Trinajstić information content (AvgIpc) is 3.80. The zero-order chi connectivity index (χ0) is 36.7. The summed E-state index contributed by atoms with van der Waals surface area (Å²) >= 11 is 0. The van der Waals surface area contributed by atoms with Crippen LogP contribution in [0.4, 0.5) is 0 Å². The van der Waals surface area contributed by atoms with Crippen molar-refractivity contribution in [1.82, 2.24) is 19.8 Å². The molecule has 0 saturated carbocycles. The van der Waals surface area contributed by atoms with Crippen molar-refractivity contribution in [1.29, 1.82) is 0 Å². The number of nitrogens with zero attached hydrogens (tertiary/aromatic N) is 2. The van der Waals surface area contributed by atoms with Crippen molar-refractivity contribution in [2.75, 3.05) is 0 Å². The van der Waals surface area contributed by atoms with Crippen molar-refractivity contribution in [2.24, 2.45) is 5.92 Å². The molecule has 274 valence electrons. The van der Waals surface area contributed by atoms with Gasteiger partial charge in [-0.05, 0) is 97.0 Å². The Labute approximate surface area is 328 Å². The van der Waals surface area contributed by atoms with Crippen LogP contribution in [-0.2, 0) is 19.3 Å². The molecule has 2 N–H and O–H groups in total. The Morgan fingerprint density at radius 1 is 0.607 bits per heavy atom. The molecule has 4 heteroatoms. The Bertz CT molecular complexity index is 2830. The largest absolute Gasteiger partial charge is 0.378 e. The van der Waals surface area contributed by atoms with Gasteiger partial charge >= 0.3 is 0 Å². The van der Waals surface area contributed by atoms with Crippen LogP contribution in [0.3, 0.4) is 0 Å². The number of hydrogen-bond acceptors (Lipinski definition) is 2. The molecule has 3 heterocycles. The molecule has 0 radical (unpaired) electrons. The van der Waals surface area contributed by atoms with Gasteiger partial charge in [-0.1, -0.05) is 128 Å². The Morgan fingerprint density at radius 3 is 2.23 bits per heavy atom. The third-order valence-corrected chi connectivity index (χ3v) is 13.4. The number of aromatic nitrogens is 2. The van der Waals surface area contributed by atoms with Gasteiger partial charge in [-0.3, -0.25) is 0 Å². The molecule has 1 aliphatic heterocycles. The summed E-state index contributed by atoms with van der Waals surface area (Å²) < 4.78 is 5.44. The maximum Gasteiger partial charge on any atom is 0.0785 e. The fraction of sp³-hybridized carbons (Fsp3) is 0.231. The summed E-state index contributed by atoms with van der Waals surface area (Å²) in [4.78, 5) is 0. The average molecular weight is 727 g/mol. The molecule has 4 atom stereocenters. The fourth-order valence-electron chi connectivity index (χ4n) is 10.9. The van der Waals surface area contributed by atoms with Crippen molar-refractivity contribution >= 4 is 62.2 Å². The zero-order valence-electron chi connectivity index (χ0n) is 31.7. The third-order valence-electron chi connectivity index (χ3n) is 13.4. The first-order valence-electron chi connectivity index (χ1n) is 20.9. The van der Waals surface area contributed by atoms with Gasteiger partial charge in [-0.15, -0.1) is 0 Å². The molecule has 5 aromatic rings. The summed E-state index contributed by atoms with van der Waals surface area (Å²) in [6.07, 6.45) is 48.7. The van der Waals surface area contributed by atoms with Crippen LogP contribution < -0.4 is 10.6 Å². The monoisotopic (exact) mass is 726 g/mol. The van der Waals surface area contributed by atoms with Crippen LogP contribution in [0.1, 0.15) is 77.4 Å². The van der Waals surface area contributed by atoms with E-state index in [0.717, 1.165) is 51.4 Å². The number of allylic oxidation sites excluding steroid dienone is 13. The Balaban J connectivity index is 1.05. The molecule has 0 bridgehead atoms. The highest BCUT2D eigenvalue weighted by Crippen LogP contribution is 2.49. The molecule has 0 saturated heterocycles. The third kappa shape index (κ3) is 4.84. The minimum absolute atomic E-state index is 0.211. The highest BCUT2D eigenvalue weighted by Gasteiger charge is 2.34. The minimum Gasteiger partial charge on any atom is -0.378 e. The molecular formula is C52H46N4. The molecule has 6 aliphatic carbocycles. The SMILES string of the molecule is C1=CCC(n2c3c(c4c5c(c6c7c(n(C8=CCC(C9=C(c%10ccc%11ccccc%11c%10)NC%10C=CC=CC%10N9)C=C8)c6c42)C=CCC7)CCC=C5)C=CCC3)C=C1. The van der Waals surface area contributed by atoms with Crippen LogP contribution in [0.25, 0.3) is 62.2 Å². The molecule has 0 fully saturated rings. The lowest BCUT2D eigenvalue weighted by Gasteiger charge is -2.39. The van der Waals surface area contributed by atoms with E-state index in [2.05, 4.69) is 166 Å². The van der Waals surface area contributed by atoms with E-state index in [1.165, 1.54) is 83.3 Å². The van der Waals surface area contributed by atoms with Gasteiger partial charge in [0.15, 0.2) is 0 Å². The topological polar surface area (TPSA) is 33.9 Å². The van der Waals surface area contributed by atoms with Gasteiger partial charge in [0.2, 0.25) is 0 Å². The smallest absolute Gasteiger partial charge is 0.0785 e. The molecule has 0 spiro atoms. The fourth-order valence-corrected chi connectivity index (χ4v) is 10.9. The predicted molar refractivity (Wildman–Crippen MR) is 236 cm³/mol. The van der Waals surface area contributed by atoms with Gasteiger partial charge in [-0.25, -0.2) is 0 Å². The number of aryl methyl sites for hydroxylation is 2. The Morgan fingerprint density at radius 2 is 1.39 bits per heavy atom. The van der Waals surface area contributed by atoms with Crippen LogP contribution in [0, 0.1) is 5.92 Å². The van der Waals surface area contributed by atoms with E-state index in [9.17, 15) is 0 Å². The molecule has 4 nitrogen and oxygen atoms in total. The van der Waals surface area contributed by atoms with Gasteiger partial charge in [0.1, 0.15) is 0 Å². The molecule has 4 unspecified atom stereocenters. The number of rotatable bonds is 4. The number of hydrogen-bond donors (Lipinski definition) is 2. The summed E-state index contributed by atoms with van der Waals surface area (Å²) in [6.45, 7) is 0. The van der Waals surface area contributed by atoms with E-state index in [1.54, 1.807) is 5.56 Å². The first-order chi connectivity index (χ1) is 27.8. The maximum atomic E-state index is 4.03. The summed E-state index contributed by atoms with van der Waals surface area (Å²) in [7, 11) is 0. The number of nitrogens with one attached hydrogen (secondary N) is 2. The van der Waals surface area contributed by atoms with Crippen molar-refractivity contribution in [2.45, 2.75) is 69.5 Å². The van der Waals surface area contributed by atoms with Gasteiger partial charge in [0, 0.05) is 50.6 Å². The maximum absolute atomic E-state index is 4.03. The van der Waals surface area contributed by atoms with Crippen molar-refractivity contribution < 1.29 is 0 Å². The van der Waals surface area contributed by atoms with E-state index in [1.807, 2.05) is 0 Å². The van der Waals surface area contributed by atoms with E-state index < -0.39 is 0 Å². The quantitative estimate of drug-likeness (QED) is 0.193. The summed E-state index contributed by atoms with van der Waals surface area (Å²) in [5.41, 5.74) is 16.7. The van der Waals surface area contributed by atoms with Crippen LogP contribution in [-0.4, -0.2) is 21.2 Å². The lowest BCUT2D eigenvalue weighted by molar-refractivity contribution is 0.490. The second-order valence-electron chi connectivity index (χ2n) is 16.5. The normalized spacial score (nSPS) is 24.3. The molecule has 2 aromatic heterocycles. The predicted octanol–water partition coefficient (Wildman–Crippen LogP) is 11.5. The van der Waals surface area contributed by atoms with Crippen LogP contribution >= 0.6 is 0 Å². The van der Waals surface area contributed by atoms with E-state index >= 15 is 0 Å². The van der Waals surface area contributed by atoms with E-state index in [4.69, 9.17) is 0 Å². The zero-order valence-corrected chi connectivity index (χ0v) is 31.7. The number of fused-ring (bicyclic) bond motifs is 12. The summed E-state index contributed by atoms with van der Waals surface area (Å²) in [5.74, 6) is 0.222. The molecular weight excluding hydrogens is 681 g/mol. The molecule has 0 amide bonds. The van der Waals surface area contributed by atoms with Crippen molar-refractivity contribution in [3.05, 3.63) is 172 Å². The minimum atomic E-state index is 0.211. The summed E-state index contributed by atoms with van der Waals surface area (Å²) in [6, 6.07) is 16.3. The van der Waals surface area contributed by atoms with Crippen LogP contribution in [0.15, 0.2) is 133 Å². The molecule has 7 aliphatic rings. The second kappa shape index (κ2) is 12.8. The van der Waals surface area contributed by atoms with Crippen LogP contribution in [0.2, 0.25) is 0 Å². The van der Waals surface area contributed by atoms with Crippen molar-refractivity contribution in [3.8, 4) is 0 Å². The second-order valence-corrected chi connectivity index (χ2v) is 16.5. The first-order valence-corrected chi connectivity index (χ1v) is 20.9. The molecule has 3 aromatic carbocycles. The highest BCUT2D eigenvalue weighted by atomic mass is 15.1. The summed E-state index contributed by atoms with van der Waals surface area (Å²) in [5, 5.41) is 13.5. The molecule has 12 rings (SSSR count). The van der Waals surface area contributed by atoms with Crippen molar-refractivity contribution in [3.63, 3.8) is 0 Å². The van der Waals surface area contributed by atoms with E-state index in [0.29, 0.717) is 6.04 Å². The van der Waals surface area contributed by atoms with Gasteiger partial charge < -0.3 is 19.8 Å². The number of benzene rings is 3. The Kier molecular flexibility index (Phi) is 7.36. The lowest BCUT2D eigenvalue weighted by atomic mass is 9.86. The van der Waals surface area contributed by atoms with Gasteiger partial charge in [0.25, 0.3) is 0 Å². The van der Waals surface area contributed by atoms with Crippen LogP contribution in [0.5, 0.6) is 0 Å².